The molecular formula is C21H29N3O2. The zero-order valence-electron chi connectivity index (χ0n) is 15.9. The number of oxazole rings is 1. The minimum absolute atomic E-state index is 0.315. The van der Waals surface area contributed by atoms with Gasteiger partial charge in [-0.3, -0.25) is 4.79 Å². The fraction of sp³-hybridized carbons (Fsp3) is 0.619. The van der Waals surface area contributed by atoms with E-state index in [2.05, 4.69) is 28.6 Å². The van der Waals surface area contributed by atoms with Gasteiger partial charge >= 0.3 is 0 Å². The number of carbonyl (C=O) groups is 1. The number of para-hydroxylation sites is 2. The van der Waals surface area contributed by atoms with Crippen LogP contribution in [0.4, 0.5) is 0 Å². The second-order valence-corrected chi connectivity index (χ2v) is 8.14. The lowest BCUT2D eigenvalue weighted by Crippen LogP contribution is -2.47. The zero-order valence-corrected chi connectivity index (χ0v) is 15.9. The van der Waals surface area contributed by atoms with Gasteiger partial charge in [0, 0.05) is 31.5 Å². The topological polar surface area (TPSA) is 49.6 Å². The Morgan fingerprint density at radius 2 is 1.96 bits per heavy atom. The second-order valence-electron chi connectivity index (χ2n) is 8.14. The zero-order chi connectivity index (χ0) is 18.1. The van der Waals surface area contributed by atoms with Crippen molar-refractivity contribution in [2.45, 2.75) is 51.5 Å². The Bertz CT molecular complexity index is 728. The molecule has 2 aliphatic heterocycles. The van der Waals surface area contributed by atoms with Crippen LogP contribution in [-0.4, -0.2) is 52.9 Å². The Kier molecular flexibility index (Phi) is 4.98. The molecule has 3 heterocycles. The van der Waals surface area contributed by atoms with Gasteiger partial charge in [-0.05, 0) is 64.3 Å². The Labute approximate surface area is 155 Å². The summed E-state index contributed by atoms with van der Waals surface area (Å²) in [7, 11) is 0. The lowest BCUT2D eigenvalue weighted by molar-refractivity contribution is -0.137. The maximum absolute atomic E-state index is 12.0. The number of nitrogens with zero attached hydrogens (tertiary/aromatic N) is 3. The molecule has 2 fully saturated rings. The molecule has 5 heteroatoms. The predicted molar refractivity (Wildman–Crippen MR) is 102 cm³/mol. The molecular weight excluding hydrogens is 326 g/mol. The quantitative estimate of drug-likeness (QED) is 0.840. The van der Waals surface area contributed by atoms with Crippen molar-refractivity contribution in [3.63, 3.8) is 0 Å². The molecule has 1 amide bonds. The standard InChI is InChI=1S/C21H29N3O2/c1-15(2)24-14-16(7-8-20(24)25)13-23-11-9-17(10-12-23)21-22-18-5-3-4-6-19(18)26-21/h3-6,15-17H,7-14H2,1-2H3. The smallest absolute Gasteiger partial charge is 0.222 e. The molecule has 1 atom stereocenters. The van der Waals surface area contributed by atoms with E-state index < -0.39 is 0 Å². The Morgan fingerprint density at radius 3 is 2.69 bits per heavy atom. The first kappa shape index (κ1) is 17.5. The number of likely N-dealkylation sites (tertiary alicyclic amines) is 2. The van der Waals surface area contributed by atoms with Gasteiger partial charge in [0.2, 0.25) is 5.91 Å². The van der Waals surface area contributed by atoms with Crippen LogP contribution in [0.5, 0.6) is 0 Å². The molecule has 140 valence electrons. The van der Waals surface area contributed by atoms with Crippen LogP contribution in [0.1, 0.15) is 51.3 Å². The summed E-state index contributed by atoms with van der Waals surface area (Å²) >= 11 is 0. The number of piperidine rings is 2. The van der Waals surface area contributed by atoms with E-state index in [-0.39, 0.29) is 0 Å². The minimum Gasteiger partial charge on any atom is -0.440 e. The van der Waals surface area contributed by atoms with Crippen molar-refractivity contribution < 1.29 is 9.21 Å². The fourth-order valence-corrected chi connectivity index (χ4v) is 4.38. The SMILES string of the molecule is CC(C)N1CC(CN2CCC(c3nc4ccccc4o3)CC2)CCC1=O. The first-order chi connectivity index (χ1) is 12.6. The number of hydrogen-bond acceptors (Lipinski definition) is 4. The summed E-state index contributed by atoms with van der Waals surface area (Å²) in [4.78, 5) is 21.4. The van der Waals surface area contributed by atoms with Crippen LogP contribution >= 0.6 is 0 Å². The van der Waals surface area contributed by atoms with Crippen molar-refractivity contribution in [2.24, 2.45) is 5.92 Å². The summed E-state index contributed by atoms with van der Waals surface area (Å²) < 4.78 is 5.97. The van der Waals surface area contributed by atoms with Crippen LogP contribution in [0, 0.1) is 5.92 Å². The highest BCUT2D eigenvalue weighted by Crippen LogP contribution is 2.31. The maximum atomic E-state index is 12.0. The monoisotopic (exact) mass is 355 g/mol. The lowest BCUT2D eigenvalue weighted by Gasteiger charge is -2.39. The number of benzene rings is 1. The summed E-state index contributed by atoms with van der Waals surface area (Å²) in [6, 6.07) is 8.32. The maximum Gasteiger partial charge on any atom is 0.222 e. The third kappa shape index (κ3) is 3.63. The third-order valence-electron chi connectivity index (χ3n) is 5.93. The summed E-state index contributed by atoms with van der Waals surface area (Å²) in [5, 5.41) is 0. The average molecular weight is 355 g/mol. The van der Waals surface area contributed by atoms with Crippen LogP contribution < -0.4 is 0 Å². The molecule has 5 nitrogen and oxygen atoms in total. The molecule has 0 saturated carbocycles. The van der Waals surface area contributed by atoms with Gasteiger partial charge in [-0.2, -0.15) is 0 Å². The molecule has 1 aromatic carbocycles. The van der Waals surface area contributed by atoms with E-state index in [1.807, 2.05) is 24.3 Å². The summed E-state index contributed by atoms with van der Waals surface area (Å²) in [6.45, 7) is 8.45. The van der Waals surface area contributed by atoms with Gasteiger partial charge in [0.05, 0.1) is 0 Å². The van der Waals surface area contributed by atoms with Crippen molar-refractivity contribution in [3.05, 3.63) is 30.2 Å². The first-order valence-corrected chi connectivity index (χ1v) is 9.97. The first-order valence-electron chi connectivity index (χ1n) is 9.97. The molecule has 2 aliphatic rings. The number of rotatable bonds is 4. The van der Waals surface area contributed by atoms with Gasteiger partial charge in [-0.15, -0.1) is 0 Å². The highest BCUT2D eigenvalue weighted by molar-refractivity contribution is 5.77. The van der Waals surface area contributed by atoms with Crippen LogP contribution in [0.15, 0.2) is 28.7 Å². The van der Waals surface area contributed by atoms with Crippen molar-refractivity contribution in [1.29, 1.82) is 0 Å². The van der Waals surface area contributed by atoms with Crippen LogP contribution in [0.25, 0.3) is 11.1 Å². The Balaban J connectivity index is 1.31. The highest BCUT2D eigenvalue weighted by Gasteiger charge is 2.30. The molecule has 4 rings (SSSR count). The van der Waals surface area contributed by atoms with E-state index in [0.717, 1.165) is 62.4 Å². The van der Waals surface area contributed by atoms with Crippen molar-refractivity contribution >= 4 is 17.0 Å². The highest BCUT2D eigenvalue weighted by atomic mass is 16.3. The number of hydrogen-bond donors (Lipinski definition) is 0. The molecule has 0 radical (unpaired) electrons. The molecule has 2 saturated heterocycles. The fourth-order valence-electron chi connectivity index (χ4n) is 4.38. The summed E-state index contributed by atoms with van der Waals surface area (Å²) in [5.74, 6) is 2.26. The molecule has 1 unspecified atom stereocenters. The van der Waals surface area contributed by atoms with Crippen LogP contribution in [0.2, 0.25) is 0 Å². The van der Waals surface area contributed by atoms with Crippen molar-refractivity contribution in [2.75, 3.05) is 26.2 Å². The summed E-state index contributed by atoms with van der Waals surface area (Å²) in [6.07, 6.45) is 3.95. The summed E-state index contributed by atoms with van der Waals surface area (Å²) in [5.41, 5.74) is 1.86. The van der Waals surface area contributed by atoms with Gasteiger partial charge in [-0.1, -0.05) is 12.1 Å². The van der Waals surface area contributed by atoms with E-state index in [9.17, 15) is 4.79 Å². The third-order valence-corrected chi connectivity index (χ3v) is 5.93. The van der Waals surface area contributed by atoms with Crippen LogP contribution in [0.3, 0.4) is 0 Å². The molecule has 0 N–H and O–H groups in total. The molecule has 1 aromatic heterocycles. The van der Waals surface area contributed by atoms with Gasteiger partial charge in [0.15, 0.2) is 11.5 Å². The molecule has 0 bridgehead atoms. The predicted octanol–water partition coefficient (Wildman–Crippen LogP) is 3.65. The average Bonchev–Trinajstić information content (AvgIpc) is 3.08. The van der Waals surface area contributed by atoms with E-state index in [4.69, 9.17) is 4.42 Å². The van der Waals surface area contributed by atoms with Crippen LogP contribution in [-0.2, 0) is 4.79 Å². The molecule has 2 aromatic rings. The number of fused-ring (bicyclic) bond motifs is 1. The number of carbonyl (C=O) groups excluding carboxylic acids is 1. The second kappa shape index (κ2) is 7.39. The largest absolute Gasteiger partial charge is 0.440 e. The van der Waals surface area contributed by atoms with Gasteiger partial charge in [0.25, 0.3) is 0 Å². The van der Waals surface area contributed by atoms with Crippen molar-refractivity contribution in [3.8, 4) is 0 Å². The number of aromatic nitrogens is 1. The molecule has 0 aliphatic carbocycles. The van der Waals surface area contributed by atoms with E-state index in [0.29, 0.717) is 30.2 Å². The normalized spacial score (nSPS) is 23.3. The van der Waals surface area contributed by atoms with E-state index in [1.165, 1.54) is 0 Å². The van der Waals surface area contributed by atoms with Gasteiger partial charge < -0.3 is 14.2 Å². The van der Waals surface area contributed by atoms with Gasteiger partial charge in [0.1, 0.15) is 5.52 Å². The molecule has 26 heavy (non-hydrogen) atoms. The van der Waals surface area contributed by atoms with E-state index in [1.54, 1.807) is 0 Å². The Morgan fingerprint density at radius 1 is 1.19 bits per heavy atom. The lowest BCUT2D eigenvalue weighted by atomic mass is 9.92. The Hall–Kier alpha value is -1.88. The van der Waals surface area contributed by atoms with E-state index >= 15 is 0 Å². The molecule has 0 spiro atoms. The van der Waals surface area contributed by atoms with Gasteiger partial charge in [-0.25, -0.2) is 4.98 Å². The minimum atomic E-state index is 0.315. The van der Waals surface area contributed by atoms with Crippen molar-refractivity contribution in [1.82, 2.24) is 14.8 Å². The number of amides is 1.